The zero-order valence-corrected chi connectivity index (χ0v) is 18.0. The van der Waals surface area contributed by atoms with E-state index in [2.05, 4.69) is 22.9 Å². The molecule has 134 valence electrons. The molecule has 1 amide bonds. The Morgan fingerprint density at radius 2 is 1.88 bits per heavy atom. The van der Waals surface area contributed by atoms with E-state index in [-0.39, 0.29) is 5.91 Å². The summed E-state index contributed by atoms with van der Waals surface area (Å²) in [4.78, 5) is 17.1. The normalized spacial score (nSPS) is 15.8. The van der Waals surface area contributed by atoms with Crippen LogP contribution in [0.5, 0.6) is 0 Å². The molecule has 1 heterocycles. The summed E-state index contributed by atoms with van der Waals surface area (Å²) in [6.45, 7) is 2.11. The minimum absolute atomic E-state index is 0.0722. The van der Waals surface area contributed by atoms with Crippen molar-refractivity contribution in [3.8, 4) is 0 Å². The highest BCUT2D eigenvalue weighted by molar-refractivity contribution is 9.10. The number of nitrogens with zero attached hydrogens (tertiary/aromatic N) is 2. The van der Waals surface area contributed by atoms with E-state index < -0.39 is 0 Å². The largest absolute Gasteiger partial charge is 0.377 e. The molecule has 0 spiro atoms. The van der Waals surface area contributed by atoms with Crippen LogP contribution in [0.25, 0.3) is 6.08 Å². The van der Waals surface area contributed by atoms with Crippen LogP contribution < -0.4 is 9.80 Å². The van der Waals surface area contributed by atoms with Crippen molar-refractivity contribution in [1.29, 1.82) is 0 Å². The number of hydrogen-bond donors (Lipinski definition) is 0. The van der Waals surface area contributed by atoms with Gasteiger partial charge in [-0.05, 0) is 63.8 Å². The van der Waals surface area contributed by atoms with Gasteiger partial charge in [0.15, 0.2) is 4.32 Å². The van der Waals surface area contributed by atoms with Crippen LogP contribution in [-0.2, 0) is 11.2 Å². The Kier molecular flexibility index (Phi) is 5.85. The molecular weight excluding hydrogens is 428 g/mol. The van der Waals surface area contributed by atoms with Crippen LogP contribution in [0.2, 0.25) is 0 Å². The van der Waals surface area contributed by atoms with Crippen LogP contribution in [0.1, 0.15) is 18.1 Å². The maximum absolute atomic E-state index is 12.9. The fourth-order valence-corrected chi connectivity index (χ4v) is 4.75. The van der Waals surface area contributed by atoms with Gasteiger partial charge >= 0.3 is 0 Å². The first kappa shape index (κ1) is 19.1. The van der Waals surface area contributed by atoms with Crippen LogP contribution in [0.4, 0.5) is 11.4 Å². The first-order valence-corrected chi connectivity index (χ1v) is 10.3. The van der Waals surface area contributed by atoms with Gasteiger partial charge in [0, 0.05) is 18.6 Å². The summed E-state index contributed by atoms with van der Waals surface area (Å²) < 4.78 is 1.55. The minimum atomic E-state index is -0.0722. The predicted molar refractivity (Wildman–Crippen MR) is 120 cm³/mol. The van der Waals surface area contributed by atoms with E-state index in [1.54, 1.807) is 4.90 Å². The summed E-state index contributed by atoms with van der Waals surface area (Å²) >= 11 is 10.4. The molecular formula is C20H19BrN2OS2. The number of halogens is 1. The number of thioether (sulfide) groups is 1. The van der Waals surface area contributed by atoms with Crippen LogP contribution >= 0.6 is 39.9 Å². The Labute approximate surface area is 172 Å². The number of thiocarbonyl (C=S) groups is 1. The minimum Gasteiger partial charge on any atom is -0.377 e. The molecule has 26 heavy (non-hydrogen) atoms. The van der Waals surface area contributed by atoms with Crippen molar-refractivity contribution in [2.24, 2.45) is 0 Å². The van der Waals surface area contributed by atoms with Gasteiger partial charge in [-0.25, -0.2) is 0 Å². The molecule has 0 atom stereocenters. The number of benzene rings is 2. The standard InChI is InChI=1S/C20H19BrN2OS2/c1-4-13-5-8-15(9-6-13)23-19(24)18(26-20(23)25)12-14-7-10-17(22(2)3)16(21)11-14/h5-12H,4H2,1-3H3/b18-12-. The molecule has 2 aromatic carbocycles. The highest BCUT2D eigenvalue weighted by Crippen LogP contribution is 2.37. The summed E-state index contributed by atoms with van der Waals surface area (Å²) in [5, 5.41) is 0. The lowest BCUT2D eigenvalue weighted by Gasteiger charge is -2.15. The third kappa shape index (κ3) is 3.87. The van der Waals surface area contributed by atoms with E-state index in [9.17, 15) is 4.79 Å². The zero-order chi connectivity index (χ0) is 18.8. The molecule has 1 saturated heterocycles. The Balaban J connectivity index is 1.88. The van der Waals surface area contributed by atoms with E-state index in [0.717, 1.165) is 27.8 Å². The Bertz CT molecular complexity index is 891. The Morgan fingerprint density at radius 1 is 1.19 bits per heavy atom. The number of hydrogen-bond acceptors (Lipinski definition) is 4. The first-order chi connectivity index (χ1) is 12.4. The number of carbonyl (C=O) groups excluding carboxylic acids is 1. The molecule has 1 fully saturated rings. The molecule has 0 radical (unpaired) electrons. The highest BCUT2D eigenvalue weighted by Gasteiger charge is 2.33. The number of rotatable bonds is 4. The Hall–Kier alpha value is -1.63. The summed E-state index contributed by atoms with van der Waals surface area (Å²) in [5.74, 6) is -0.0722. The lowest BCUT2D eigenvalue weighted by atomic mass is 10.1. The van der Waals surface area contributed by atoms with Gasteiger partial charge in [0.25, 0.3) is 5.91 Å². The van der Waals surface area contributed by atoms with Gasteiger partial charge in [0.2, 0.25) is 0 Å². The summed E-state index contributed by atoms with van der Waals surface area (Å²) in [7, 11) is 3.99. The molecule has 1 aliphatic heterocycles. The van der Waals surface area contributed by atoms with E-state index in [0.29, 0.717) is 9.23 Å². The van der Waals surface area contributed by atoms with Gasteiger partial charge in [-0.15, -0.1) is 0 Å². The van der Waals surface area contributed by atoms with E-state index in [1.807, 2.05) is 67.5 Å². The molecule has 0 aliphatic carbocycles. The average molecular weight is 447 g/mol. The number of carbonyl (C=O) groups is 1. The number of amides is 1. The quantitative estimate of drug-likeness (QED) is 0.457. The molecule has 2 aromatic rings. The van der Waals surface area contributed by atoms with Crippen LogP contribution in [0, 0.1) is 0 Å². The number of anilines is 2. The van der Waals surface area contributed by atoms with Crippen molar-refractivity contribution in [3.05, 3.63) is 63.0 Å². The lowest BCUT2D eigenvalue weighted by molar-refractivity contribution is -0.113. The zero-order valence-electron chi connectivity index (χ0n) is 14.8. The van der Waals surface area contributed by atoms with E-state index in [1.165, 1.54) is 17.3 Å². The fraction of sp³-hybridized carbons (Fsp3) is 0.200. The van der Waals surface area contributed by atoms with Crippen molar-refractivity contribution >= 4 is 67.6 Å². The monoisotopic (exact) mass is 446 g/mol. The molecule has 0 unspecified atom stereocenters. The third-order valence-electron chi connectivity index (χ3n) is 4.15. The van der Waals surface area contributed by atoms with Gasteiger partial charge in [-0.1, -0.05) is 49.1 Å². The van der Waals surface area contributed by atoms with Crippen molar-refractivity contribution in [3.63, 3.8) is 0 Å². The highest BCUT2D eigenvalue weighted by atomic mass is 79.9. The SMILES string of the molecule is CCc1ccc(N2C(=O)/C(=C/c3ccc(N(C)C)c(Br)c3)SC2=S)cc1. The van der Waals surface area contributed by atoms with Gasteiger partial charge in [-0.2, -0.15) is 0 Å². The summed E-state index contributed by atoms with van der Waals surface area (Å²) in [6.07, 6.45) is 2.86. The van der Waals surface area contributed by atoms with Gasteiger partial charge in [0.1, 0.15) is 0 Å². The summed E-state index contributed by atoms with van der Waals surface area (Å²) in [6, 6.07) is 14.0. The van der Waals surface area contributed by atoms with E-state index in [4.69, 9.17) is 12.2 Å². The predicted octanol–water partition coefficient (Wildman–Crippen LogP) is 5.48. The van der Waals surface area contributed by atoms with Crippen LogP contribution in [0.15, 0.2) is 51.8 Å². The Morgan fingerprint density at radius 3 is 2.46 bits per heavy atom. The second-order valence-electron chi connectivity index (χ2n) is 6.14. The smallest absolute Gasteiger partial charge is 0.270 e. The molecule has 6 heteroatoms. The van der Waals surface area contributed by atoms with Crippen molar-refractivity contribution in [1.82, 2.24) is 0 Å². The van der Waals surface area contributed by atoms with Crippen molar-refractivity contribution in [2.75, 3.05) is 23.9 Å². The van der Waals surface area contributed by atoms with Crippen LogP contribution in [-0.4, -0.2) is 24.3 Å². The van der Waals surface area contributed by atoms with E-state index >= 15 is 0 Å². The van der Waals surface area contributed by atoms with Gasteiger partial charge < -0.3 is 4.90 Å². The third-order valence-corrected chi connectivity index (χ3v) is 6.09. The van der Waals surface area contributed by atoms with Gasteiger partial charge in [-0.3, -0.25) is 9.69 Å². The number of aryl methyl sites for hydroxylation is 1. The maximum Gasteiger partial charge on any atom is 0.270 e. The lowest BCUT2D eigenvalue weighted by Crippen LogP contribution is -2.27. The first-order valence-electron chi connectivity index (χ1n) is 8.24. The average Bonchev–Trinajstić information content (AvgIpc) is 2.88. The molecule has 0 N–H and O–H groups in total. The summed E-state index contributed by atoms with van der Waals surface area (Å²) in [5.41, 5.74) is 4.10. The fourth-order valence-electron chi connectivity index (χ4n) is 2.70. The molecule has 0 aromatic heterocycles. The molecule has 3 rings (SSSR count). The van der Waals surface area contributed by atoms with Crippen molar-refractivity contribution < 1.29 is 4.79 Å². The van der Waals surface area contributed by atoms with Crippen molar-refractivity contribution in [2.45, 2.75) is 13.3 Å². The second kappa shape index (κ2) is 7.94. The topological polar surface area (TPSA) is 23.6 Å². The van der Waals surface area contributed by atoms with Gasteiger partial charge in [0.05, 0.1) is 16.3 Å². The molecule has 0 saturated carbocycles. The molecule has 1 aliphatic rings. The maximum atomic E-state index is 12.9. The molecule has 3 nitrogen and oxygen atoms in total. The second-order valence-corrected chi connectivity index (χ2v) is 8.67. The van der Waals surface area contributed by atoms with Crippen LogP contribution in [0.3, 0.4) is 0 Å². The molecule has 0 bridgehead atoms.